The summed E-state index contributed by atoms with van der Waals surface area (Å²) >= 11 is 3.37. The molecule has 3 aromatic heterocycles. The van der Waals surface area contributed by atoms with Crippen molar-refractivity contribution in [1.82, 2.24) is 19.8 Å². The van der Waals surface area contributed by atoms with Crippen molar-refractivity contribution in [2.45, 2.75) is 63.7 Å². The second kappa shape index (κ2) is 12.9. The number of aliphatic hydroxyl groups is 1. The van der Waals surface area contributed by atoms with Crippen LogP contribution in [-0.2, 0) is 17.7 Å². The number of carbonyl (C=O) groups excluding carboxylic acids is 1. The number of nitrogens with one attached hydrogen (secondary N) is 1. The number of aromatic amines is 1. The lowest BCUT2D eigenvalue weighted by Crippen LogP contribution is -2.57. The molecule has 0 aliphatic carbocycles. The van der Waals surface area contributed by atoms with Gasteiger partial charge in [-0.2, -0.15) is 0 Å². The molecule has 6 rings (SSSR count). The van der Waals surface area contributed by atoms with Crippen molar-refractivity contribution in [1.29, 1.82) is 0 Å². The number of aliphatic hydroxyl groups excluding tert-OH is 1. The number of benzene rings is 1. The molecule has 3 N–H and O–H groups in total. The van der Waals surface area contributed by atoms with Crippen molar-refractivity contribution in [3.63, 3.8) is 0 Å². The van der Waals surface area contributed by atoms with Gasteiger partial charge < -0.3 is 24.8 Å². The van der Waals surface area contributed by atoms with E-state index in [0.717, 1.165) is 62.3 Å². The number of phenolic OH excluding ortho intramolecular Hbond substituents is 1. The quantitative estimate of drug-likeness (QED) is 0.225. The molecular weight excluding hydrogens is 585 g/mol. The van der Waals surface area contributed by atoms with Crippen LogP contribution in [0.1, 0.15) is 69.0 Å². The molecule has 2 fully saturated rings. The van der Waals surface area contributed by atoms with Gasteiger partial charge in [0.15, 0.2) is 0 Å². The zero-order valence-electron chi connectivity index (χ0n) is 24.4. The van der Waals surface area contributed by atoms with Crippen molar-refractivity contribution >= 4 is 39.5 Å². The maximum atomic E-state index is 13.0. The van der Waals surface area contributed by atoms with Crippen LogP contribution in [0, 0.1) is 6.92 Å². The van der Waals surface area contributed by atoms with Gasteiger partial charge in [-0.25, -0.2) is 4.98 Å². The van der Waals surface area contributed by atoms with Crippen LogP contribution in [0.3, 0.4) is 0 Å². The topological polar surface area (TPSA) is 119 Å². The Morgan fingerprint density at radius 1 is 1.12 bits per heavy atom. The Balaban J connectivity index is 0.950. The predicted molar refractivity (Wildman–Crippen MR) is 169 cm³/mol. The number of unbranched alkanes of at least 4 members (excludes halogenated alkanes) is 1. The van der Waals surface area contributed by atoms with Crippen LogP contribution in [0.5, 0.6) is 5.75 Å². The normalized spacial score (nSPS) is 18.0. The summed E-state index contributed by atoms with van der Waals surface area (Å²) in [5, 5.41) is 24.4. The third-order valence-corrected chi connectivity index (χ3v) is 10.6. The molecule has 1 amide bonds. The number of H-pyrrole nitrogens is 1. The third kappa shape index (κ3) is 6.86. The Kier molecular flexibility index (Phi) is 8.97. The van der Waals surface area contributed by atoms with Gasteiger partial charge in [0.25, 0.3) is 5.91 Å². The van der Waals surface area contributed by atoms with Crippen LogP contribution in [0.2, 0.25) is 0 Å². The molecule has 2 saturated heterocycles. The fourth-order valence-corrected chi connectivity index (χ4v) is 7.96. The highest BCUT2D eigenvalue weighted by Crippen LogP contribution is 2.33. The first-order chi connectivity index (χ1) is 20.8. The largest absolute Gasteiger partial charge is 0.506 e. The number of hydrogen-bond donors (Lipinski definition) is 3. The molecule has 228 valence electrons. The molecule has 4 aromatic rings. The van der Waals surface area contributed by atoms with Gasteiger partial charge in [-0.05, 0) is 68.9 Å². The number of likely N-dealkylation sites (tertiary alicyclic amines) is 1. The van der Waals surface area contributed by atoms with E-state index in [4.69, 9.17) is 4.74 Å². The second-order valence-corrected chi connectivity index (χ2v) is 14.0. The van der Waals surface area contributed by atoms with E-state index in [-0.39, 0.29) is 22.8 Å². The number of piperidine rings is 1. The van der Waals surface area contributed by atoms with Crippen molar-refractivity contribution in [2.24, 2.45) is 0 Å². The molecule has 0 radical (unpaired) electrons. The molecule has 9 nitrogen and oxygen atoms in total. The highest BCUT2D eigenvalue weighted by atomic mass is 32.1. The highest BCUT2D eigenvalue weighted by molar-refractivity contribution is 7.12. The summed E-state index contributed by atoms with van der Waals surface area (Å²) in [6.07, 6.45) is 4.60. The van der Waals surface area contributed by atoms with E-state index in [1.54, 1.807) is 12.1 Å². The van der Waals surface area contributed by atoms with E-state index in [9.17, 15) is 19.8 Å². The Labute approximate surface area is 258 Å². The molecule has 11 heteroatoms. The summed E-state index contributed by atoms with van der Waals surface area (Å²) in [4.78, 5) is 38.8. The lowest BCUT2D eigenvalue weighted by atomic mass is 9.89. The Morgan fingerprint density at radius 3 is 2.72 bits per heavy atom. The summed E-state index contributed by atoms with van der Waals surface area (Å²) in [5.74, 6) is 0.0192. The molecule has 1 spiro atoms. The molecule has 0 unspecified atom stereocenters. The first kappa shape index (κ1) is 30.0. The van der Waals surface area contributed by atoms with Crippen LogP contribution in [0.4, 0.5) is 0 Å². The van der Waals surface area contributed by atoms with E-state index < -0.39 is 6.10 Å². The maximum Gasteiger partial charge on any atom is 0.273 e. The van der Waals surface area contributed by atoms with Gasteiger partial charge in [0, 0.05) is 52.8 Å². The van der Waals surface area contributed by atoms with Crippen LogP contribution in [0.15, 0.2) is 46.6 Å². The minimum absolute atomic E-state index is 0.00397. The minimum Gasteiger partial charge on any atom is -0.506 e. The molecule has 2 aliphatic heterocycles. The molecule has 2 aliphatic rings. The summed E-state index contributed by atoms with van der Waals surface area (Å²) < 4.78 is 6.28. The number of thiazole rings is 1. The zero-order chi connectivity index (χ0) is 30.0. The number of ether oxygens (including phenoxy) is 1. The number of pyridine rings is 1. The SMILES string of the molecule is Cc1nc(C(=O)N2CCOC3(CCN(Cc4ccc(CCCC[C@H](O)c5ccc(O)c6[nH]c(=O)ccc56)s4)CC3)C2)cs1. The van der Waals surface area contributed by atoms with E-state index >= 15 is 0 Å². The molecule has 1 atom stereocenters. The average molecular weight is 623 g/mol. The minimum atomic E-state index is -0.662. The summed E-state index contributed by atoms with van der Waals surface area (Å²) in [5.41, 5.74) is 1.09. The smallest absolute Gasteiger partial charge is 0.273 e. The number of hydrogen-bond acceptors (Lipinski definition) is 9. The molecule has 5 heterocycles. The van der Waals surface area contributed by atoms with Gasteiger partial charge in [-0.15, -0.1) is 22.7 Å². The second-order valence-electron chi connectivity index (χ2n) is 11.7. The van der Waals surface area contributed by atoms with Crippen molar-refractivity contribution in [3.05, 3.63) is 78.2 Å². The lowest BCUT2D eigenvalue weighted by Gasteiger charge is -2.47. The molecule has 0 saturated carbocycles. The van der Waals surface area contributed by atoms with Crippen LogP contribution < -0.4 is 5.56 Å². The van der Waals surface area contributed by atoms with Gasteiger partial charge in [-0.1, -0.05) is 12.5 Å². The van der Waals surface area contributed by atoms with Crippen LogP contribution in [-0.4, -0.2) is 74.3 Å². The van der Waals surface area contributed by atoms with Gasteiger partial charge in [0.05, 0.1) is 35.4 Å². The Bertz CT molecular complexity index is 1640. The summed E-state index contributed by atoms with van der Waals surface area (Å²) in [6, 6.07) is 10.8. The van der Waals surface area contributed by atoms with Crippen LogP contribution in [0.25, 0.3) is 10.9 Å². The number of morpholine rings is 1. The number of aryl methyl sites for hydroxylation is 2. The Hall–Kier alpha value is -3.09. The number of phenols is 1. The van der Waals surface area contributed by atoms with Gasteiger partial charge in [0.2, 0.25) is 5.56 Å². The highest BCUT2D eigenvalue weighted by Gasteiger charge is 2.41. The molecule has 43 heavy (non-hydrogen) atoms. The fourth-order valence-electron chi connectivity index (χ4n) is 6.27. The fraction of sp³-hybridized carbons (Fsp3) is 0.469. The number of fused-ring (bicyclic) bond motifs is 1. The third-order valence-electron chi connectivity index (χ3n) is 8.65. The Morgan fingerprint density at radius 2 is 1.93 bits per heavy atom. The van der Waals surface area contributed by atoms with E-state index in [1.807, 2.05) is 28.5 Å². The number of rotatable bonds is 9. The molecule has 1 aromatic carbocycles. The number of aromatic hydroxyl groups is 1. The summed E-state index contributed by atoms with van der Waals surface area (Å²) in [7, 11) is 0. The number of carbonyl (C=O) groups is 1. The lowest BCUT2D eigenvalue weighted by molar-refractivity contribution is -0.127. The standard InChI is InChI=1S/C32H38N4O5S2/c1-21-33-26(19-42-21)31(40)36-16-17-41-32(20-36)12-14-35(15-13-32)18-23-7-6-22(43-23)4-2-3-5-27(37)24-8-10-28(38)30-25(24)9-11-29(39)34-30/h6-11,19,27,37-38H,2-5,12-18,20H2,1H3,(H,34,39)/t27-/m0/s1. The maximum absolute atomic E-state index is 13.0. The molecule has 0 bridgehead atoms. The predicted octanol–water partition coefficient (Wildman–Crippen LogP) is 5.01. The number of thiophene rings is 1. The van der Waals surface area contributed by atoms with Crippen molar-refractivity contribution < 1.29 is 19.7 Å². The van der Waals surface area contributed by atoms with E-state index in [0.29, 0.717) is 42.7 Å². The number of amides is 1. The average Bonchev–Trinajstić information content (AvgIpc) is 3.65. The summed E-state index contributed by atoms with van der Waals surface area (Å²) in [6.45, 7) is 6.58. The first-order valence-corrected chi connectivity index (χ1v) is 16.7. The zero-order valence-corrected chi connectivity index (χ0v) is 26.0. The monoisotopic (exact) mass is 622 g/mol. The van der Waals surface area contributed by atoms with Gasteiger partial charge in [-0.3, -0.25) is 14.5 Å². The van der Waals surface area contributed by atoms with Crippen molar-refractivity contribution in [3.8, 4) is 5.75 Å². The van der Waals surface area contributed by atoms with E-state index in [1.165, 1.54) is 33.2 Å². The van der Waals surface area contributed by atoms with Crippen LogP contribution >= 0.6 is 22.7 Å². The molecular formula is C32H38N4O5S2. The van der Waals surface area contributed by atoms with Gasteiger partial charge >= 0.3 is 0 Å². The van der Waals surface area contributed by atoms with Crippen molar-refractivity contribution in [2.75, 3.05) is 32.8 Å². The number of nitrogens with zero attached hydrogens (tertiary/aromatic N) is 3. The first-order valence-electron chi connectivity index (χ1n) is 15.0. The number of aromatic nitrogens is 2. The van der Waals surface area contributed by atoms with Gasteiger partial charge in [0.1, 0.15) is 11.4 Å². The van der Waals surface area contributed by atoms with E-state index in [2.05, 4.69) is 27.0 Å².